The molecule has 0 unspecified atom stereocenters. The summed E-state index contributed by atoms with van der Waals surface area (Å²) in [7, 11) is 1.98. The first-order valence-corrected chi connectivity index (χ1v) is 5.13. The summed E-state index contributed by atoms with van der Waals surface area (Å²) in [4.78, 5) is 2.09. The van der Waals surface area contributed by atoms with Gasteiger partial charge in [-0.3, -0.25) is 4.90 Å². The summed E-state index contributed by atoms with van der Waals surface area (Å²) in [5, 5.41) is 9.39. The molecule has 2 fully saturated rings. The predicted molar refractivity (Wildman–Crippen MR) is 49.3 cm³/mol. The number of piperidine rings is 1. The van der Waals surface area contributed by atoms with Crippen LogP contribution >= 0.6 is 0 Å². The van der Waals surface area contributed by atoms with Crippen LogP contribution in [-0.2, 0) is 0 Å². The highest BCUT2D eigenvalue weighted by molar-refractivity contribution is 5.01. The molecular formula is C10H18FNO. The fraction of sp³-hybridized carbons (Fsp3) is 1.00. The van der Waals surface area contributed by atoms with E-state index in [9.17, 15) is 9.50 Å². The van der Waals surface area contributed by atoms with Gasteiger partial charge < -0.3 is 5.11 Å². The molecule has 1 aliphatic carbocycles. The number of hydrogen-bond donors (Lipinski definition) is 1. The molecule has 0 aromatic carbocycles. The second kappa shape index (κ2) is 3.21. The Morgan fingerprint density at radius 1 is 1.62 bits per heavy atom. The highest BCUT2D eigenvalue weighted by Gasteiger charge is 2.49. The topological polar surface area (TPSA) is 23.5 Å². The first kappa shape index (κ1) is 9.41. The number of rotatable bonds is 1. The van der Waals surface area contributed by atoms with Crippen molar-refractivity contribution in [2.45, 2.75) is 37.9 Å². The fourth-order valence-electron chi connectivity index (χ4n) is 3.24. The third-order valence-corrected chi connectivity index (χ3v) is 3.82. The summed E-state index contributed by atoms with van der Waals surface area (Å²) in [6.07, 6.45) is 3.09. The summed E-state index contributed by atoms with van der Waals surface area (Å²) in [6.45, 7) is 0.703. The van der Waals surface area contributed by atoms with E-state index in [-0.39, 0.29) is 12.0 Å². The van der Waals surface area contributed by atoms with Gasteiger partial charge in [-0.25, -0.2) is 4.39 Å². The lowest BCUT2D eigenvalue weighted by atomic mass is 9.75. The Balaban J connectivity index is 2.19. The molecule has 2 nitrogen and oxygen atoms in total. The Morgan fingerprint density at radius 2 is 2.38 bits per heavy atom. The van der Waals surface area contributed by atoms with E-state index in [1.54, 1.807) is 0 Å². The molecule has 1 saturated carbocycles. The molecule has 1 heterocycles. The van der Waals surface area contributed by atoms with Crippen molar-refractivity contribution >= 4 is 0 Å². The zero-order valence-corrected chi connectivity index (χ0v) is 8.17. The van der Waals surface area contributed by atoms with Crippen molar-refractivity contribution in [3.05, 3.63) is 0 Å². The maximum absolute atomic E-state index is 13.4. The molecular weight excluding hydrogens is 169 g/mol. The van der Waals surface area contributed by atoms with E-state index < -0.39 is 6.17 Å². The molecule has 2 rings (SSSR count). The molecule has 3 heteroatoms. The van der Waals surface area contributed by atoms with Crippen LogP contribution in [0.4, 0.5) is 4.39 Å². The average Bonchev–Trinajstić information content (AvgIpc) is 2.48. The molecule has 76 valence electrons. The largest absolute Gasteiger partial charge is 0.396 e. The van der Waals surface area contributed by atoms with E-state index in [4.69, 9.17) is 0 Å². The first-order valence-electron chi connectivity index (χ1n) is 5.13. The van der Waals surface area contributed by atoms with Gasteiger partial charge in [0.15, 0.2) is 0 Å². The van der Waals surface area contributed by atoms with E-state index in [0.29, 0.717) is 19.0 Å². The Morgan fingerprint density at radius 3 is 3.08 bits per heavy atom. The minimum Gasteiger partial charge on any atom is -0.396 e. The van der Waals surface area contributed by atoms with Crippen molar-refractivity contribution in [1.82, 2.24) is 4.90 Å². The Labute approximate surface area is 78.7 Å². The summed E-state index contributed by atoms with van der Waals surface area (Å²) < 4.78 is 13.4. The number of hydrogen-bond acceptors (Lipinski definition) is 2. The summed E-state index contributed by atoms with van der Waals surface area (Å²) in [5.74, 6) is 0. The second-order valence-corrected chi connectivity index (χ2v) is 4.67. The minimum atomic E-state index is -0.744. The maximum Gasteiger partial charge on any atom is 0.113 e. The van der Waals surface area contributed by atoms with Crippen LogP contribution in [0.15, 0.2) is 0 Å². The van der Waals surface area contributed by atoms with Gasteiger partial charge in [-0.1, -0.05) is 6.42 Å². The minimum absolute atomic E-state index is 0.119. The molecule has 0 aromatic rings. The number of alkyl halides is 1. The normalized spacial score (nSPS) is 46.4. The van der Waals surface area contributed by atoms with Gasteiger partial charge in [0.1, 0.15) is 6.17 Å². The number of nitrogens with zero attached hydrogens (tertiary/aromatic N) is 1. The summed E-state index contributed by atoms with van der Waals surface area (Å²) in [6, 6.07) is 0.421. The molecule has 0 bridgehead atoms. The number of likely N-dealkylation sites (tertiary alicyclic amines) is 1. The lowest BCUT2D eigenvalue weighted by Gasteiger charge is -2.45. The fourth-order valence-corrected chi connectivity index (χ4v) is 3.24. The van der Waals surface area contributed by atoms with Crippen LogP contribution in [0.5, 0.6) is 0 Å². The van der Waals surface area contributed by atoms with Crippen molar-refractivity contribution in [2.24, 2.45) is 5.41 Å². The van der Waals surface area contributed by atoms with Crippen molar-refractivity contribution in [3.8, 4) is 0 Å². The van der Waals surface area contributed by atoms with Gasteiger partial charge in [0, 0.05) is 18.0 Å². The van der Waals surface area contributed by atoms with E-state index in [1.807, 2.05) is 7.05 Å². The number of aliphatic hydroxyl groups excluding tert-OH is 1. The third kappa shape index (κ3) is 1.38. The second-order valence-electron chi connectivity index (χ2n) is 4.67. The Kier molecular flexibility index (Phi) is 2.32. The van der Waals surface area contributed by atoms with Gasteiger partial charge in [-0.15, -0.1) is 0 Å². The third-order valence-electron chi connectivity index (χ3n) is 3.82. The molecule has 3 atom stereocenters. The van der Waals surface area contributed by atoms with Crippen molar-refractivity contribution < 1.29 is 9.50 Å². The zero-order valence-electron chi connectivity index (χ0n) is 8.17. The van der Waals surface area contributed by atoms with Crippen LogP contribution in [0.1, 0.15) is 25.7 Å². The quantitative estimate of drug-likeness (QED) is 0.666. The van der Waals surface area contributed by atoms with Gasteiger partial charge in [0.2, 0.25) is 0 Å². The van der Waals surface area contributed by atoms with E-state index in [0.717, 1.165) is 19.3 Å². The van der Waals surface area contributed by atoms with E-state index in [2.05, 4.69) is 4.90 Å². The van der Waals surface area contributed by atoms with Crippen molar-refractivity contribution in [3.63, 3.8) is 0 Å². The molecule has 0 spiro atoms. The standard InChI is InChI=1S/C10H18FNO/c1-12-6-8(11)5-10(7-13)4-2-3-9(10)12/h8-9,13H,2-7H2,1H3/t8-,9+,10+/m0/s1. The van der Waals surface area contributed by atoms with Gasteiger partial charge >= 0.3 is 0 Å². The zero-order chi connectivity index (χ0) is 9.47. The van der Waals surface area contributed by atoms with Crippen LogP contribution in [-0.4, -0.2) is 42.4 Å². The number of aliphatic hydroxyl groups is 1. The lowest BCUT2D eigenvalue weighted by molar-refractivity contribution is -0.0291. The van der Waals surface area contributed by atoms with E-state index >= 15 is 0 Å². The van der Waals surface area contributed by atoms with Crippen LogP contribution in [0.25, 0.3) is 0 Å². The number of fused-ring (bicyclic) bond motifs is 1. The van der Waals surface area contributed by atoms with E-state index in [1.165, 1.54) is 0 Å². The molecule has 1 aliphatic heterocycles. The molecule has 0 amide bonds. The molecule has 1 saturated heterocycles. The average molecular weight is 187 g/mol. The van der Waals surface area contributed by atoms with Crippen LogP contribution < -0.4 is 0 Å². The van der Waals surface area contributed by atoms with Gasteiger partial charge in [0.05, 0.1) is 6.61 Å². The highest BCUT2D eigenvalue weighted by Crippen LogP contribution is 2.47. The van der Waals surface area contributed by atoms with Crippen LogP contribution in [0.3, 0.4) is 0 Å². The van der Waals surface area contributed by atoms with Crippen LogP contribution in [0.2, 0.25) is 0 Å². The predicted octanol–water partition coefficient (Wildman–Crippen LogP) is 1.19. The monoisotopic (exact) mass is 187 g/mol. The SMILES string of the molecule is CN1C[C@@H](F)C[C@@]2(CO)CCC[C@@H]12. The summed E-state index contributed by atoms with van der Waals surface area (Å²) in [5.41, 5.74) is -0.119. The first-order chi connectivity index (χ1) is 6.18. The molecule has 0 aromatic heterocycles. The highest BCUT2D eigenvalue weighted by atomic mass is 19.1. The Bertz CT molecular complexity index is 199. The van der Waals surface area contributed by atoms with Crippen molar-refractivity contribution in [1.29, 1.82) is 0 Å². The maximum atomic E-state index is 13.4. The van der Waals surface area contributed by atoms with Gasteiger partial charge in [0.25, 0.3) is 0 Å². The summed E-state index contributed by atoms with van der Waals surface area (Å²) >= 11 is 0. The smallest absolute Gasteiger partial charge is 0.113 e. The molecule has 2 aliphatic rings. The molecule has 0 radical (unpaired) electrons. The lowest BCUT2D eigenvalue weighted by Crippen LogP contribution is -2.53. The van der Waals surface area contributed by atoms with Crippen LogP contribution in [0, 0.1) is 5.41 Å². The van der Waals surface area contributed by atoms with Gasteiger partial charge in [-0.05, 0) is 26.3 Å². The van der Waals surface area contributed by atoms with Gasteiger partial charge in [-0.2, -0.15) is 0 Å². The number of halogens is 1. The van der Waals surface area contributed by atoms with Crippen molar-refractivity contribution in [2.75, 3.05) is 20.2 Å². The molecule has 1 N–H and O–H groups in total. The molecule has 13 heavy (non-hydrogen) atoms. The Hall–Kier alpha value is -0.150.